The number of hydrogen-bond donors (Lipinski definition) is 0. The molecule has 1 heterocycles. The van der Waals surface area contributed by atoms with E-state index in [0.29, 0.717) is 5.82 Å². The van der Waals surface area contributed by atoms with Gasteiger partial charge < -0.3 is 0 Å². The van der Waals surface area contributed by atoms with E-state index in [-0.39, 0.29) is 5.41 Å². The topological polar surface area (TPSA) is 25.8 Å². The van der Waals surface area contributed by atoms with Gasteiger partial charge in [0, 0.05) is 22.1 Å². The number of rotatable bonds is 5. The fourth-order valence-corrected chi connectivity index (χ4v) is 9.85. The zero-order valence-electron chi connectivity index (χ0n) is 32.5. The summed E-state index contributed by atoms with van der Waals surface area (Å²) in [6, 6.07) is 74.9. The highest BCUT2D eigenvalue weighted by Gasteiger charge is 2.53. The predicted molar refractivity (Wildman–Crippen MR) is 239 cm³/mol. The van der Waals surface area contributed by atoms with Crippen LogP contribution in [0.1, 0.15) is 47.2 Å². The highest BCUT2D eigenvalue weighted by molar-refractivity contribution is 5.89. The third-order valence-electron chi connectivity index (χ3n) is 12.6. The van der Waals surface area contributed by atoms with Crippen molar-refractivity contribution in [3.8, 4) is 67.3 Å². The van der Waals surface area contributed by atoms with Crippen molar-refractivity contribution < 1.29 is 0 Å². The first-order valence-electron chi connectivity index (χ1n) is 20.2. The van der Waals surface area contributed by atoms with Crippen molar-refractivity contribution in [2.75, 3.05) is 0 Å². The first kappa shape index (κ1) is 34.1. The second-order valence-electron chi connectivity index (χ2n) is 16.1. The van der Waals surface area contributed by atoms with Gasteiger partial charge in [0.2, 0.25) is 0 Å². The molecule has 274 valence electrons. The van der Waals surface area contributed by atoms with Crippen molar-refractivity contribution >= 4 is 0 Å². The molecule has 0 saturated carbocycles. The third kappa shape index (κ3) is 5.18. The minimum atomic E-state index is -0.442. The standard InChI is InChI=1S/C56H40N2/c1-55(2)48-29-13-14-30-50(48)56(46-27-11-9-25-44(46)45-26-10-12-28-47(45)56)51-35-41(31-32-49(51)55)40-22-15-23-42(33-40)53-36-52(38-19-7-4-8-20-38)57-54(58-53)43-24-16-21-39(34-43)37-17-5-3-6-18-37/h3-36H,1-2H3. The SMILES string of the molecule is CC1(C)c2ccccc2C2(c3ccccc3-c3ccccc32)c2cc(-c3cccc(-c4cc(-c5ccccc5)nc(-c5cccc(-c6ccccc6)c5)n4)c3)ccc21. The lowest BCUT2D eigenvalue weighted by Gasteiger charge is -2.46. The van der Waals surface area contributed by atoms with Crippen LogP contribution < -0.4 is 0 Å². The molecule has 58 heavy (non-hydrogen) atoms. The van der Waals surface area contributed by atoms with E-state index < -0.39 is 5.41 Å². The summed E-state index contributed by atoms with van der Waals surface area (Å²) in [6.07, 6.45) is 0. The molecule has 0 aliphatic heterocycles. The van der Waals surface area contributed by atoms with Crippen LogP contribution in [-0.4, -0.2) is 9.97 Å². The highest BCUT2D eigenvalue weighted by atomic mass is 14.9. The van der Waals surface area contributed by atoms with Gasteiger partial charge in [0.1, 0.15) is 0 Å². The maximum absolute atomic E-state index is 5.28. The Kier molecular flexibility index (Phi) is 7.78. The maximum Gasteiger partial charge on any atom is 0.160 e. The van der Waals surface area contributed by atoms with E-state index in [1.807, 2.05) is 6.07 Å². The quantitative estimate of drug-likeness (QED) is 0.176. The normalized spacial score (nSPS) is 14.0. The van der Waals surface area contributed by atoms with Crippen molar-refractivity contribution in [2.24, 2.45) is 0 Å². The molecule has 0 N–H and O–H groups in total. The summed E-state index contributed by atoms with van der Waals surface area (Å²) in [7, 11) is 0. The Balaban J connectivity index is 1.09. The monoisotopic (exact) mass is 740 g/mol. The van der Waals surface area contributed by atoms with Crippen molar-refractivity contribution in [3.05, 3.63) is 240 Å². The second kappa shape index (κ2) is 13.2. The molecule has 11 rings (SSSR count). The van der Waals surface area contributed by atoms with Crippen LogP contribution in [0.5, 0.6) is 0 Å². The summed E-state index contributed by atoms with van der Waals surface area (Å²) in [5, 5.41) is 0. The Morgan fingerprint density at radius 2 is 0.741 bits per heavy atom. The van der Waals surface area contributed by atoms with Gasteiger partial charge in [0.05, 0.1) is 16.8 Å². The summed E-state index contributed by atoms with van der Waals surface area (Å²) in [6.45, 7) is 4.77. The minimum absolute atomic E-state index is 0.187. The van der Waals surface area contributed by atoms with Crippen LogP contribution in [0.3, 0.4) is 0 Å². The average Bonchev–Trinajstić information content (AvgIpc) is 3.59. The summed E-state index contributed by atoms with van der Waals surface area (Å²) in [5.41, 5.74) is 19.7. The first-order chi connectivity index (χ1) is 28.5. The van der Waals surface area contributed by atoms with Crippen molar-refractivity contribution in [1.82, 2.24) is 9.97 Å². The van der Waals surface area contributed by atoms with Gasteiger partial charge in [-0.15, -0.1) is 0 Å². The fourth-order valence-electron chi connectivity index (χ4n) is 9.85. The molecular formula is C56H40N2. The van der Waals surface area contributed by atoms with Crippen LogP contribution >= 0.6 is 0 Å². The lowest BCUT2D eigenvalue weighted by Crippen LogP contribution is -2.40. The van der Waals surface area contributed by atoms with E-state index in [1.165, 1.54) is 55.6 Å². The van der Waals surface area contributed by atoms with Crippen LogP contribution in [0.2, 0.25) is 0 Å². The van der Waals surface area contributed by atoms with Gasteiger partial charge in [-0.3, -0.25) is 0 Å². The molecule has 2 aliphatic carbocycles. The van der Waals surface area contributed by atoms with Gasteiger partial charge in [-0.05, 0) is 91.0 Å². The molecule has 0 saturated heterocycles. The van der Waals surface area contributed by atoms with E-state index in [2.05, 4.69) is 214 Å². The Morgan fingerprint density at radius 3 is 1.41 bits per heavy atom. The van der Waals surface area contributed by atoms with Crippen LogP contribution in [0.4, 0.5) is 0 Å². The van der Waals surface area contributed by atoms with Gasteiger partial charge in [-0.1, -0.05) is 196 Å². The zero-order valence-corrected chi connectivity index (χ0v) is 32.5. The molecule has 0 bridgehead atoms. The molecule has 0 fully saturated rings. The molecule has 2 aliphatic rings. The van der Waals surface area contributed by atoms with Crippen LogP contribution in [-0.2, 0) is 10.8 Å². The molecule has 0 atom stereocenters. The zero-order chi connectivity index (χ0) is 38.8. The molecule has 0 amide bonds. The largest absolute Gasteiger partial charge is 0.228 e. The van der Waals surface area contributed by atoms with Crippen molar-refractivity contribution in [1.29, 1.82) is 0 Å². The molecule has 1 aromatic heterocycles. The minimum Gasteiger partial charge on any atom is -0.228 e. The smallest absolute Gasteiger partial charge is 0.160 e. The second-order valence-corrected chi connectivity index (χ2v) is 16.1. The molecule has 9 aromatic rings. The van der Waals surface area contributed by atoms with Gasteiger partial charge in [-0.2, -0.15) is 0 Å². The van der Waals surface area contributed by atoms with Crippen LogP contribution in [0.25, 0.3) is 67.3 Å². The van der Waals surface area contributed by atoms with Crippen LogP contribution in [0, 0.1) is 0 Å². The number of fused-ring (bicyclic) bond motifs is 9. The number of benzene rings is 8. The Labute approximate surface area is 340 Å². The molecule has 2 nitrogen and oxygen atoms in total. The maximum atomic E-state index is 5.28. The van der Waals surface area contributed by atoms with E-state index in [1.54, 1.807) is 0 Å². The lowest BCUT2D eigenvalue weighted by atomic mass is 9.55. The third-order valence-corrected chi connectivity index (χ3v) is 12.6. The van der Waals surface area contributed by atoms with Gasteiger partial charge >= 0.3 is 0 Å². The first-order valence-corrected chi connectivity index (χ1v) is 20.2. The van der Waals surface area contributed by atoms with Gasteiger partial charge in [-0.25, -0.2) is 9.97 Å². The van der Waals surface area contributed by atoms with E-state index >= 15 is 0 Å². The average molecular weight is 741 g/mol. The molecule has 0 radical (unpaired) electrons. The number of hydrogen-bond acceptors (Lipinski definition) is 2. The number of aromatic nitrogens is 2. The lowest BCUT2D eigenvalue weighted by molar-refractivity contribution is 0.563. The van der Waals surface area contributed by atoms with Crippen molar-refractivity contribution in [3.63, 3.8) is 0 Å². The summed E-state index contributed by atoms with van der Waals surface area (Å²) >= 11 is 0. The molecular weight excluding hydrogens is 701 g/mol. The molecule has 0 unspecified atom stereocenters. The van der Waals surface area contributed by atoms with Gasteiger partial charge in [0.15, 0.2) is 5.82 Å². The Bertz CT molecular complexity index is 2990. The Morgan fingerprint density at radius 1 is 0.293 bits per heavy atom. The predicted octanol–water partition coefficient (Wildman–Crippen LogP) is 13.8. The number of nitrogens with zero attached hydrogens (tertiary/aromatic N) is 2. The summed E-state index contributed by atoms with van der Waals surface area (Å²) in [5.74, 6) is 0.703. The highest BCUT2D eigenvalue weighted by Crippen LogP contribution is 2.62. The van der Waals surface area contributed by atoms with E-state index in [9.17, 15) is 0 Å². The van der Waals surface area contributed by atoms with Crippen LogP contribution in [0.15, 0.2) is 206 Å². The molecule has 2 heteroatoms. The summed E-state index contributed by atoms with van der Waals surface area (Å²) in [4.78, 5) is 10.4. The van der Waals surface area contributed by atoms with Crippen molar-refractivity contribution in [2.45, 2.75) is 24.7 Å². The van der Waals surface area contributed by atoms with E-state index in [4.69, 9.17) is 9.97 Å². The fraction of sp³-hybridized carbons (Fsp3) is 0.0714. The van der Waals surface area contributed by atoms with Gasteiger partial charge in [0.25, 0.3) is 0 Å². The Hall–Kier alpha value is -7.16. The molecule has 8 aromatic carbocycles. The molecule has 1 spiro atoms. The summed E-state index contributed by atoms with van der Waals surface area (Å²) < 4.78 is 0. The van der Waals surface area contributed by atoms with E-state index in [0.717, 1.165) is 39.2 Å².